The summed E-state index contributed by atoms with van der Waals surface area (Å²) < 4.78 is 5.95. The maximum Gasteiger partial charge on any atom is 0.224 e. The second-order valence-corrected chi connectivity index (χ2v) is 5.34. The second kappa shape index (κ2) is 6.95. The first-order chi connectivity index (χ1) is 9.04. The number of carbonyl (C=O) groups excluding carboxylic acids is 1. The molecule has 1 aromatic rings. The van der Waals surface area contributed by atoms with Crippen LogP contribution >= 0.6 is 12.4 Å². The molecule has 1 aliphatic rings. The van der Waals surface area contributed by atoms with Gasteiger partial charge in [-0.3, -0.25) is 4.79 Å². The lowest BCUT2D eigenvalue weighted by Gasteiger charge is -2.25. The molecule has 0 aromatic heterocycles. The van der Waals surface area contributed by atoms with E-state index in [1.54, 1.807) is 0 Å². The van der Waals surface area contributed by atoms with Crippen LogP contribution in [0.15, 0.2) is 24.3 Å². The molecular weight excluding hydrogens is 276 g/mol. The smallest absolute Gasteiger partial charge is 0.224 e. The van der Waals surface area contributed by atoms with Crippen LogP contribution in [0.4, 0.5) is 0 Å². The summed E-state index contributed by atoms with van der Waals surface area (Å²) in [5.74, 6) is 1.02. The summed E-state index contributed by atoms with van der Waals surface area (Å²) in [5.41, 5.74) is 6.72. The topological polar surface area (TPSA) is 64.4 Å². The molecule has 112 valence electrons. The third kappa shape index (κ3) is 3.25. The number of hydrogen-bond donors (Lipinski definition) is 2. The zero-order valence-electron chi connectivity index (χ0n) is 12.1. The molecule has 1 aromatic carbocycles. The van der Waals surface area contributed by atoms with E-state index in [1.807, 2.05) is 32.0 Å². The predicted octanol–water partition coefficient (Wildman–Crippen LogP) is 2.07. The van der Waals surface area contributed by atoms with Crippen LogP contribution in [0.25, 0.3) is 0 Å². The monoisotopic (exact) mass is 298 g/mol. The highest BCUT2D eigenvalue weighted by Crippen LogP contribution is 2.38. The van der Waals surface area contributed by atoms with Crippen LogP contribution in [-0.2, 0) is 4.79 Å². The van der Waals surface area contributed by atoms with Crippen molar-refractivity contribution in [3.8, 4) is 5.75 Å². The Kier molecular flexibility index (Phi) is 5.84. The van der Waals surface area contributed by atoms with Crippen LogP contribution in [0.5, 0.6) is 5.75 Å². The molecule has 1 aliphatic heterocycles. The number of nitrogens with one attached hydrogen (secondary N) is 1. The van der Waals surface area contributed by atoms with E-state index in [0.29, 0.717) is 6.54 Å². The van der Waals surface area contributed by atoms with Crippen LogP contribution in [0.1, 0.15) is 32.3 Å². The molecule has 4 atom stereocenters. The maximum absolute atomic E-state index is 11.9. The number of para-hydroxylation sites is 1. The van der Waals surface area contributed by atoms with Gasteiger partial charge in [0.25, 0.3) is 0 Å². The Morgan fingerprint density at radius 3 is 2.65 bits per heavy atom. The predicted molar refractivity (Wildman–Crippen MR) is 82.3 cm³/mol. The van der Waals surface area contributed by atoms with Crippen molar-refractivity contribution in [3.05, 3.63) is 29.8 Å². The Bertz CT molecular complexity index is 467. The van der Waals surface area contributed by atoms with Gasteiger partial charge >= 0.3 is 0 Å². The molecule has 0 saturated heterocycles. The highest BCUT2D eigenvalue weighted by molar-refractivity contribution is 5.85. The summed E-state index contributed by atoms with van der Waals surface area (Å²) in [5, 5.41) is 2.99. The maximum atomic E-state index is 11.9. The first-order valence-corrected chi connectivity index (χ1v) is 6.80. The van der Waals surface area contributed by atoms with Crippen molar-refractivity contribution in [2.75, 3.05) is 6.54 Å². The van der Waals surface area contributed by atoms with Crippen molar-refractivity contribution in [1.29, 1.82) is 0 Å². The number of hydrogen-bond acceptors (Lipinski definition) is 3. The summed E-state index contributed by atoms with van der Waals surface area (Å²) in [7, 11) is 0. The van der Waals surface area contributed by atoms with E-state index in [0.717, 1.165) is 5.75 Å². The lowest BCUT2D eigenvalue weighted by atomic mass is 9.93. The summed E-state index contributed by atoms with van der Waals surface area (Å²) >= 11 is 0. The van der Waals surface area contributed by atoms with Crippen LogP contribution in [0, 0.1) is 5.92 Å². The van der Waals surface area contributed by atoms with Gasteiger partial charge in [0, 0.05) is 23.9 Å². The average molecular weight is 299 g/mol. The molecule has 0 saturated carbocycles. The lowest BCUT2D eigenvalue weighted by molar-refractivity contribution is -0.125. The van der Waals surface area contributed by atoms with Crippen LogP contribution < -0.4 is 15.8 Å². The number of benzene rings is 1. The molecule has 0 aliphatic carbocycles. The van der Waals surface area contributed by atoms with Gasteiger partial charge in [0.1, 0.15) is 11.9 Å². The summed E-state index contributed by atoms with van der Waals surface area (Å²) in [6.07, 6.45) is -0.0219. The van der Waals surface area contributed by atoms with E-state index in [4.69, 9.17) is 10.5 Å². The number of carbonyl (C=O) groups is 1. The summed E-state index contributed by atoms with van der Waals surface area (Å²) in [6.45, 7) is 6.30. The molecule has 0 radical (unpaired) electrons. The molecule has 0 spiro atoms. The van der Waals surface area contributed by atoms with Gasteiger partial charge in [0.2, 0.25) is 5.91 Å². The summed E-state index contributed by atoms with van der Waals surface area (Å²) in [4.78, 5) is 11.9. The third-order valence-corrected chi connectivity index (χ3v) is 3.83. The molecule has 0 bridgehead atoms. The first-order valence-electron chi connectivity index (χ1n) is 6.80. The second-order valence-electron chi connectivity index (χ2n) is 5.34. The lowest BCUT2D eigenvalue weighted by Crippen LogP contribution is -2.47. The minimum absolute atomic E-state index is 0. The molecule has 5 heteroatoms. The molecule has 20 heavy (non-hydrogen) atoms. The molecule has 4 unspecified atom stereocenters. The van der Waals surface area contributed by atoms with Gasteiger partial charge in [-0.25, -0.2) is 0 Å². The number of ether oxygens (including phenoxy) is 1. The number of rotatable bonds is 4. The molecule has 4 nitrogen and oxygen atoms in total. The van der Waals surface area contributed by atoms with Gasteiger partial charge in [-0.15, -0.1) is 12.4 Å². The molecule has 2 rings (SSSR count). The minimum atomic E-state index is -0.165. The van der Waals surface area contributed by atoms with Crippen molar-refractivity contribution in [2.24, 2.45) is 11.7 Å². The Labute approximate surface area is 126 Å². The van der Waals surface area contributed by atoms with Crippen molar-refractivity contribution >= 4 is 18.3 Å². The minimum Gasteiger partial charge on any atom is -0.487 e. The van der Waals surface area contributed by atoms with Gasteiger partial charge < -0.3 is 15.8 Å². The van der Waals surface area contributed by atoms with Gasteiger partial charge in [-0.2, -0.15) is 0 Å². The van der Waals surface area contributed by atoms with E-state index in [-0.39, 0.29) is 42.3 Å². The van der Waals surface area contributed by atoms with Gasteiger partial charge in [0.05, 0.1) is 6.04 Å². The Morgan fingerprint density at radius 1 is 1.40 bits per heavy atom. The highest BCUT2D eigenvalue weighted by atomic mass is 35.5. The first kappa shape index (κ1) is 16.8. The molecule has 0 fully saturated rings. The molecule has 3 N–H and O–H groups in total. The highest BCUT2D eigenvalue weighted by Gasteiger charge is 2.35. The van der Waals surface area contributed by atoms with Gasteiger partial charge in [-0.1, -0.05) is 32.0 Å². The molecular formula is C15H23ClN2O2. The van der Waals surface area contributed by atoms with E-state index in [2.05, 4.69) is 18.3 Å². The van der Waals surface area contributed by atoms with E-state index in [1.165, 1.54) is 5.56 Å². The largest absolute Gasteiger partial charge is 0.487 e. The Hall–Kier alpha value is -1.26. The molecule has 1 amide bonds. The van der Waals surface area contributed by atoms with Crippen LogP contribution in [0.3, 0.4) is 0 Å². The van der Waals surface area contributed by atoms with Gasteiger partial charge in [-0.05, 0) is 13.0 Å². The van der Waals surface area contributed by atoms with Crippen LogP contribution in [-0.4, -0.2) is 24.6 Å². The van der Waals surface area contributed by atoms with Crippen LogP contribution in [0.2, 0.25) is 0 Å². The normalized spacial score (nSPS) is 23.0. The van der Waals surface area contributed by atoms with E-state index in [9.17, 15) is 4.79 Å². The van der Waals surface area contributed by atoms with E-state index >= 15 is 0 Å². The summed E-state index contributed by atoms with van der Waals surface area (Å²) in [6, 6.07) is 8.00. The number of fused-ring (bicyclic) bond motifs is 1. The standard InChI is InChI=1S/C15H22N2O2.ClH/c1-9(8-16)15(18)17-11(3)14-10(2)12-6-4-5-7-13(12)19-14;/h4-7,9-11,14H,8,16H2,1-3H3,(H,17,18);1H. The number of nitrogens with two attached hydrogens (primary N) is 1. The third-order valence-electron chi connectivity index (χ3n) is 3.83. The zero-order valence-corrected chi connectivity index (χ0v) is 12.9. The van der Waals surface area contributed by atoms with Crippen molar-refractivity contribution < 1.29 is 9.53 Å². The Balaban J connectivity index is 0.00000200. The SMILES string of the molecule is CC(CN)C(=O)NC(C)C1Oc2ccccc2C1C.Cl. The van der Waals surface area contributed by atoms with Gasteiger partial charge in [0.15, 0.2) is 0 Å². The van der Waals surface area contributed by atoms with Crippen molar-refractivity contribution in [3.63, 3.8) is 0 Å². The number of halogens is 1. The fraction of sp³-hybridized carbons (Fsp3) is 0.533. The fourth-order valence-electron chi connectivity index (χ4n) is 2.48. The molecule has 1 heterocycles. The number of amides is 1. The average Bonchev–Trinajstić information content (AvgIpc) is 2.75. The fourth-order valence-corrected chi connectivity index (χ4v) is 2.48. The quantitative estimate of drug-likeness (QED) is 0.894. The Morgan fingerprint density at radius 2 is 2.05 bits per heavy atom. The van der Waals surface area contributed by atoms with E-state index < -0.39 is 0 Å². The zero-order chi connectivity index (χ0) is 14.0. The van der Waals surface area contributed by atoms with Crippen molar-refractivity contribution in [1.82, 2.24) is 5.32 Å². The van der Waals surface area contributed by atoms with Crippen molar-refractivity contribution in [2.45, 2.75) is 38.8 Å².